The van der Waals surface area contributed by atoms with Gasteiger partial charge in [0.05, 0.1) is 28.5 Å². The highest BCUT2D eigenvalue weighted by atomic mass is 127. The maximum Gasteiger partial charge on any atom is 0.343 e. The Morgan fingerprint density at radius 3 is 2.07 bits per heavy atom. The normalized spacial score (nSPS) is 18.4. The molecule has 1 aliphatic heterocycles. The molecule has 0 spiro atoms. The van der Waals surface area contributed by atoms with Crippen LogP contribution in [0.5, 0.6) is 11.5 Å². The smallest absolute Gasteiger partial charge is 0.343 e. The van der Waals surface area contributed by atoms with Crippen molar-refractivity contribution >= 4 is 51.0 Å². The van der Waals surface area contributed by atoms with Gasteiger partial charge in [-0.2, -0.15) is 0 Å². The number of carbonyl (C=O) groups excluding carboxylic acids is 2. The molecule has 2 aromatic rings. The molecule has 1 heterocycles. The molecule has 0 saturated carbocycles. The largest absolute Gasteiger partial charge is 0.488 e. The van der Waals surface area contributed by atoms with Crippen molar-refractivity contribution in [1.82, 2.24) is 0 Å². The highest BCUT2D eigenvalue weighted by molar-refractivity contribution is 14.1. The van der Waals surface area contributed by atoms with Crippen molar-refractivity contribution in [2.24, 2.45) is 5.92 Å². The predicted molar refractivity (Wildman–Crippen MR) is 245 cm³/mol. The summed E-state index contributed by atoms with van der Waals surface area (Å²) in [4.78, 5) is 28.0. The Hall–Kier alpha value is -2.04. The number of benzene rings is 2. The van der Waals surface area contributed by atoms with Gasteiger partial charge in [-0.25, -0.2) is 4.79 Å². The molecule has 0 amide bonds. The number of ketones is 1. The van der Waals surface area contributed by atoms with E-state index in [9.17, 15) is 9.59 Å². The lowest BCUT2D eigenvalue weighted by molar-refractivity contribution is -0.154. The van der Waals surface area contributed by atoms with Gasteiger partial charge in [-0.3, -0.25) is 4.79 Å². The standard InChI is InChI=1S/C46H73IO8Si2/c1-16-22-34(38(48)29-40(55-57(14,15)45(9,10)11)46(39(17-2)54-46)43(49)50-18-3)25-26-51-42-36(31-53-56(12,13)44(6,7)8)41(35(27-32(4)5)28-37(42)47)52-30-33-23-20-19-21-24-33/h19-21,23-25,28,32,39-40H,16-18,22,26-27,29-31H2,1-15H3/b34-25+/t39-,40+,46?/m0/s1. The van der Waals surface area contributed by atoms with Crippen LogP contribution in [0.1, 0.15) is 119 Å². The second-order valence-electron chi connectivity index (χ2n) is 18.9. The van der Waals surface area contributed by atoms with Crippen LogP contribution in [-0.2, 0) is 47.5 Å². The van der Waals surface area contributed by atoms with Crippen molar-refractivity contribution < 1.29 is 37.4 Å². The summed E-state index contributed by atoms with van der Waals surface area (Å²) in [5, 5.41) is -0.130. The van der Waals surface area contributed by atoms with Gasteiger partial charge in [0, 0.05) is 6.42 Å². The molecule has 11 heteroatoms. The molecule has 57 heavy (non-hydrogen) atoms. The molecular weight excluding hydrogens is 864 g/mol. The Labute approximate surface area is 360 Å². The van der Waals surface area contributed by atoms with Crippen LogP contribution in [0.4, 0.5) is 0 Å². The third-order valence-electron chi connectivity index (χ3n) is 11.8. The quantitative estimate of drug-likeness (QED) is 0.0379. The molecule has 320 valence electrons. The van der Waals surface area contributed by atoms with Crippen molar-refractivity contribution in [3.8, 4) is 11.5 Å². The van der Waals surface area contributed by atoms with Gasteiger partial charge in [0.15, 0.2) is 22.4 Å². The van der Waals surface area contributed by atoms with E-state index in [1.165, 1.54) is 0 Å². The number of allylic oxidation sites excluding steroid dienone is 1. The highest BCUT2D eigenvalue weighted by Crippen LogP contribution is 2.49. The fourth-order valence-electron chi connectivity index (χ4n) is 6.37. The van der Waals surface area contributed by atoms with E-state index < -0.39 is 34.3 Å². The average Bonchev–Trinajstić information content (AvgIpc) is 3.86. The molecule has 1 saturated heterocycles. The van der Waals surface area contributed by atoms with Crippen LogP contribution < -0.4 is 9.47 Å². The Morgan fingerprint density at radius 2 is 1.54 bits per heavy atom. The SMILES string of the molecule is CCC/C(=C\COc1c(I)cc(CC(C)C)c(OCc2ccccc2)c1CO[Si](C)(C)C(C)(C)C)C(=O)C[C@@H](O[Si](C)(C)C(C)(C)C)C1(C(=O)OCC)O[C@H]1CC. The molecule has 0 aliphatic carbocycles. The van der Waals surface area contributed by atoms with Crippen LogP contribution in [-0.4, -0.2) is 59.4 Å². The lowest BCUT2D eigenvalue weighted by atomic mass is 9.90. The zero-order valence-electron chi connectivity index (χ0n) is 37.8. The van der Waals surface area contributed by atoms with E-state index in [2.05, 4.69) is 129 Å². The third-order valence-corrected chi connectivity index (χ3v) is 21.6. The Bertz CT molecular complexity index is 1680. The van der Waals surface area contributed by atoms with Crippen LogP contribution in [0.3, 0.4) is 0 Å². The molecule has 3 atom stereocenters. The maximum absolute atomic E-state index is 14.4. The minimum absolute atomic E-state index is 0.0121. The van der Waals surface area contributed by atoms with Gasteiger partial charge in [-0.05, 0) is 120 Å². The fourth-order valence-corrected chi connectivity index (χ4v) is 9.49. The summed E-state index contributed by atoms with van der Waals surface area (Å²) in [6.45, 7) is 33.4. The average molecular weight is 937 g/mol. The molecule has 3 rings (SSSR count). The van der Waals surface area contributed by atoms with Crippen LogP contribution in [0.25, 0.3) is 0 Å². The molecule has 0 aromatic heterocycles. The Kier molecular flexibility index (Phi) is 17.7. The number of esters is 1. The van der Waals surface area contributed by atoms with Crippen LogP contribution in [0.15, 0.2) is 48.0 Å². The number of hydrogen-bond donors (Lipinski definition) is 0. The van der Waals surface area contributed by atoms with E-state index in [-0.39, 0.29) is 41.6 Å². The molecule has 1 aliphatic rings. The first-order valence-corrected chi connectivity index (χ1v) is 27.9. The van der Waals surface area contributed by atoms with Gasteiger partial charge in [-0.1, -0.05) is 106 Å². The van der Waals surface area contributed by atoms with Gasteiger partial charge in [0.2, 0.25) is 5.60 Å². The predicted octanol–water partition coefficient (Wildman–Crippen LogP) is 12.2. The Morgan fingerprint density at radius 1 is 0.912 bits per heavy atom. The van der Waals surface area contributed by atoms with E-state index in [4.69, 9.17) is 27.8 Å². The second kappa shape index (κ2) is 20.5. The van der Waals surface area contributed by atoms with Gasteiger partial charge < -0.3 is 27.8 Å². The van der Waals surface area contributed by atoms with Crippen LogP contribution in [0.2, 0.25) is 36.3 Å². The third kappa shape index (κ3) is 12.7. The number of rotatable bonds is 22. The van der Waals surface area contributed by atoms with Crippen LogP contribution in [0, 0.1) is 9.49 Å². The van der Waals surface area contributed by atoms with Crippen molar-refractivity contribution in [1.29, 1.82) is 0 Å². The van der Waals surface area contributed by atoms with E-state index in [0.717, 1.165) is 38.9 Å². The molecule has 0 N–H and O–H groups in total. The minimum Gasteiger partial charge on any atom is -0.488 e. The van der Waals surface area contributed by atoms with E-state index in [1.54, 1.807) is 6.92 Å². The molecule has 1 unspecified atom stereocenters. The van der Waals surface area contributed by atoms with Gasteiger partial charge in [-0.15, -0.1) is 0 Å². The number of halogens is 1. The fraction of sp³-hybridized carbons (Fsp3) is 0.652. The zero-order chi connectivity index (χ0) is 43.0. The lowest BCUT2D eigenvalue weighted by Gasteiger charge is -2.40. The molecular formula is C46H73IO8Si2. The van der Waals surface area contributed by atoms with E-state index in [0.29, 0.717) is 43.3 Å². The molecule has 2 aromatic carbocycles. The monoisotopic (exact) mass is 936 g/mol. The molecule has 0 bridgehead atoms. The topological polar surface area (TPSA) is 92.8 Å². The minimum atomic E-state index is -2.44. The summed E-state index contributed by atoms with van der Waals surface area (Å²) < 4.78 is 39.9. The molecule has 1 fully saturated rings. The first-order valence-electron chi connectivity index (χ1n) is 21.0. The zero-order valence-corrected chi connectivity index (χ0v) is 41.9. The molecule has 8 nitrogen and oxygen atoms in total. The second-order valence-corrected chi connectivity index (χ2v) is 29.6. The maximum atomic E-state index is 14.4. The van der Waals surface area contributed by atoms with Gasteiger partial charge >= 0.3 is 5.97 Å². The summed E-state index contributed by atoms with van der Waals surface area (Å²) >= 11 is 2.36. The number of ether oxygens (including phenoxy) is 4. The summed E-state index contributed by atoms with van der Waals surface area (Å²) in [5.74, 6) is 1.40. The first kappa shape index (κ1) is 49.3. The van der Waals surface area contributed by atoms with Gasteiger partial charge in [0.1, 0.15) is 30.8 Å². The summed E-state index contributed by atoms with van der Waals surface area (Å²) in [5.41, 5.74) is 2.46. The van der Waals surface area contributed by atoms with Crippen LogP contribution >= 0.6 is 22.6 Å². The Balaban J connectivity index is 2.06. The number of epoxide rings is 1. The number of Topliss-reactive ketones (excluding diaryl/α,β-unsaturated/α-hetero) is 1. The lowest BCUT2D eigenvalue weighted by Crippen LogP contribution is -2.52. The number of carbonyl (C=O) groups is 2. The summed E-state index contributed by atoms with van der Waals surface area (Å²) in [6, 6.07) is 12.4. The summed E-state index contributed by atoms with van der Waals surface area (Å²) in [6.07, 6.45) is 3.57. The van der Waals surface area contributed by atoms with Crippen molar-refractivity contribution in [3.05, 3.63) is 68.3 Å². The number of hydrogen-bond acceptors (Lipinski definition) is 8. The first-order chi connectivity index (χ1) is 26.4. The van der Waals surface area contributed by atoms with Gasteiger partial charge in [0.25, 0.3) is 0 Å². The highest BCUT2D eigenvalue weighted by Gasteiger charge is 2.69. The van der Waals surface area contributed by atoms with E-state index in [1.807, 2.05) is 31.2 Å². The van der Waals surface area contributed by atoms with Crippen molar-refractivity contribution in [2.45, 2.75) is 176 Å². The summed E-state index contributed by atoms with van der Waals surface area (Å²) in [7, 11) is -4.60. The molecule has 0 radical (unpaired) electrons. The van der Waals surface area contributed by atoms with Crippen molar-refractivity contribution in [3.63, 3.8) is 0 Å². The van der Waals surface area contributed by atoms with E-state index >= 15 is 0 Å². The van der Waals surface area contributed by atoms with Crippen molar-refractivity contribution in [2.75, 3.05) is 13.2 Å².